The molecular weight excluding hydrogens is 399 g/mol. The summed E-state index contributed by atoms with van der Waals surface area (Å²) in [4.78, 5) is 23.2. The number of nitrogens with zero attached hydrogens (tertiary/aromatic N) is 3. The van der Waals surface area contributed by atoms with Crippen molar-refractivity contribution in [2.75, 3.05) is 11.9 Å². The SMILES string of the molecule is CCNC(=O)c1ccc(Nc2cc(-c3c(F)cccc3C#N)nc3c[nH]c(O)c23)nc1. The Balaban J connectivity index is 1.79. The van der Waals surface area contributed by atoms with Crippen LogP contribution in [-0.4, -0.2) is 32.5 Å². The number of aromatic amines is 1. The number of aromatic nitrogens is 3. The second-order valence-electron chi connectivity index (χ2n) is 6.64. The highest BCUT2D eigenvalue weighted by molar-refractivity contribution is 5.99. The summed E-state index contributed by atoms with van der Waals surface area (Å²) in [7, 11) is 0. The fourth-order valence-electron chi connectivity index (χ4n) is 3.23. The first-order valence-corrected chi connectivity index (χ1v) is 9.43. The van der Waals surface area contributed by atoms with Gasteiger partial charge in [0.25, 0.3) is 5.91 Å². The van der Waals surface area contributed by atoms with Crippen LogP contribution in [0.4, 0.5) is 15.9 Å². The van der Waals surface area contributed by atoms with E-state index in [4.69, 9.17) is 0 Å². The molecule has 0 radical (unpaired) electrons. The first kappa shape index (κ1) is 19.8. The van der Waals surface area contributed by atoms with E-state index in [0.717, 1.165) is 0 Å². The van der Waals surface area contributed by atoms with Crippen molar-refractivity contribution in [1.29, 1.82) is 5.26 Å². The summed E-state index contributed by atoms with van der Waals surface area (Å²) in [6.45, 7) is 2.33. The lowest BCUT2D eigenvalue weighted by molar-refractivity contribution is 0.0955. The van der Waals surface area contributed by atoms with Crippen LogP contribution in [0.25, 0.3) is 22.2 Å². The van der Waals surface area contributed by atoms with Crippen molar-refractivity contribution in [3.05, 3.63) is 65.7 Å². The van der Waals surface area contributed by atoms with Gasteiger partial charge in [0, 0.05) is 18.9 Å². The van der Waals surface area contributed by atoms with Crippen molar-refractivity contribution >= 4 is 28.3 Å². The summed E-state index contributed by atoms with van der Waals surface area (Å²) in [6.07, 6.45) is 2.91. The van der Waals surface area contributed by atoms with Gasteiger partial charge in [-0.25, -0.2) is 14.4 Å². The van der Waals surface area contributed by atoms with Crippen LogP contribution >= 0.6 is 0 Å². The number of fused-ring (bicyclic) bond motifs is 1. The van der Waals surface area contributed by atoms with Gasteiger partial charge in [0.2, 0.25) is 0 Å². The van der Waals surface area contributed by atoms with Crippen LogP contribution in [0, 0.1) is 17.1 Å². The second-order valence-corrected chi connectivity index (χ2v) is 6.64. The molecule has 9 heteroatoms. The molecule has 0 aliphatic rings. The number of benzene rings is 1. The summed E-state index contributed by atoms with van der Waals surface area (Å²) in [6, 6.07) is 11.0. The highest BCUT2D eigenvalue weighted by atomic mass is 19.1. The lowest BCUT2D eigenvalue weighted by atomic mass is 10.0. The van der Waals surface area contributed by atoms with E-state index in [1.807, 2.05) is 13.0 Å². The molecule has 0 aliphatic heterocycles. The van der Waals surface area contributed by atoms with Gasteiger partial charge in [-0.15, -0.1) is 0 Å². The Morgan fingerprint density at radius 3 is 2.87 bits per heavy atom. The molecule has 4 aromatic rings. The number of nitriles is 1. The zero-order chi connectivity index (χ0) is 22.0. The number of H-pyrrole nitrogens is 1. The predicted molar refractivity (Wildman–Crippen MR) is 113 cm³/mol. The van der Waals surface area contributed by atoms with Crippen LogP contribution in [0.15, 0.2) is 48.8 Å². The minimum absolute atomic E-state index is 0.0650. The average Bonchev–Trinajstić information content (AvgIpc) is 3.15. The number of aromatic hydroxyl groups is 1. The number of carbonyl (C=O) groups excluding carboxylic acids is 1. The zero-order valence-corrected chi connectivity index (χ0v) is 16.4. The summed E-state index contributed by atoms with van der Waals surface area (Å²) < 4.78 is 14.6. The van der Waals surface area contributed by atoms with Crippen molar-refractivity contribution in [2.45, 2.75) is 6.92 Å². The summed E-state index contributed by atoms with van der Waals surface area (Å²) in [5.74, 6) is -0.534. The third-order valence-corrected chi connectivity index (χ3v) is 4.65. The standard InChI is InChI=1S/C22H17FN6O2/c1-2-25-21(30)13-6-7-18(26-10-13)29-16-8-15(28-17-11-27-22(31)20(16)17)19-12(9-24)4-3-5-14(19)23/h3-8,10-11,27,31H,2H2,1H3,(H,25,30)(H,26,29). The van der Waals surface area contributed by atoms with E-state index in [2.05, 4.69) is 25.6 Å². The van der Waals surface area contributed by atoms with Gasteiger partial charge < -0.3 is 20.7 Å². The van der Waals surface area contributed by atoms with Crippen LogP contribution in [0.1, 0.15) is 22.8 Å². The molecule has 0 fully saturated rings. The minimum atomic E-state index is -0.582. The molecule has 154 valence electrons. The minimum Gasteiger partial charge on any atom is -0.494 e. The molecule has 31 heavy (non-hydrogen) atoms. The molecule has 4 rings (SSSR count). The Morgan fingerprint density at radius 1 is 1.32 bits per heavy atom. The Labute approximate surface area is 176 Å². The van der Waals surface area contributed by atoms with Gasteiger partial charge in [-0.3, -0.25) is 4.79 Å². The Bertz CT molecular complexity index is 1320. The molecule has 0 unspecified atom stereocenters. The zero-order valence-electron chi connectivity index (χ0n) is 16.4. The van der Waals surface area contributed by atoms with E-state index in [9.17, 15) is 19.6 Å². The van der Waals surface area contributed by atoms with Crippen LogP contribution in [0.3, 0.4) is 0 Å². The quantitative estimate of drug-likeness (QED) is 0.392. The van der Waals surface area contributed by atoms with Crippen molar-refractivity contribution < 1.29 is 14.3 Å². The van der Waals surface area contributed by atoms with Gasteiger partial charge >= 0.3 is 0 Å². The van der Waals surface area contributed by atoms with Crippen LogP contribution in [0.2, 0.25) is 0 Å². The number of nitrogens with one attached hydrogen (secondary N) is 3. The van der Waals surface area contributed by atoms with Crippen LogP contribution in [0.5, 0.6) is 5.88 Å². The van der Waals surface area contributed by atoms with Gasteiger partial charge in [-0.05, 0) is 37.3 Å². The van der Waals surface area contributed by atoms with E-state index in [0.29, 0.717) is 34.5 Å². The highest BCUT2D eigenvalue weighted by Crippen LogP contribution is 2.36. The topological polar surface area (TPSA) is 127 Å². The van der Waals surface area contributed by atoms with Gasteiger partial charge in [-0.1, -0.05) is 6.07 Å². The summed E-state index contributed by atoms with van der Waals surface area (Å²) in [5.41, 5.74) is 1.62. The number of pyridine rings is 2. The molecule has 0 aliphatic carbocycles. The molecule has 3 heterocycles. The maximum absolute atomic E-state index is 14.6. The van der Waals surface area contributed by atoms with E-state index in [1.54, 1.807) is 12.1 Å². The molecule has 3 aromatic heterocycles. The smallest absolute Gasteiger partial charge is 0.252 e. The molecule has 1 amide bonds. The Kier molecular flexibility index (Phi) is 5.20. The number of anilines is 2. The summed E-state index contributed by atoms with van der Waals surface area (Å²) in [5, 5.41) is 25.8. The summed E-state index contributed by atoms with van der Waals surface area (Å²) >= 11 is 0. The number of carbonyl (C=O) groups is 1. The van der Waals surface area contributed by atoms with Gasteiger partial charge in [0.15, 0.2) is 5.88 Å². The highest BCUT2D eigenvalue weighted by Gasteiger charge is 2.18. The lowest BCUT2D eigenvalue weighted by Gasteiger charge is -2.11. The van der Waals surface area contributed by atoms with Crippen molar-refractivity contribution in [2.24, 2.45) is 0 Å². The molecule has 0 spiro atoms. The van der Waals surface area contributed by atoms with Gasteiger partial charge in [-0.2, -0.15) is 5.26 Å². The molecular formula is C22H17FN6O2. The number of halogens is 1. The first-order valence-electron chi connectivity index (χ1n) is 9.43. The molecule has 0 saturated heterocycles. The van der Waals surface area contributed by atoms with Gasteiger partial charge in [0.05, 0.1) is 45.0 Å². The fourth-order valence-corrected chi connectivity index (χ4v) is 3.23. The van der Waals surface area contributed by atoms with Crippen molar-refractivity contribution in [3.63, 3.8) is 0 Å². The van der Waals surface area contributed by atoms with Gasteiger partial charge in [0.1, 0.15) is 11.6 Å². The van der Waals surface area contributed by atoms with E-state index < -0.39 is 5.82 Å². The largest absolute Gasteiger partial charge is 0.494 e. The Morgan fingerprint density at radius 2 is 2.16 bits per heavy atom. The maximum Gasteiger partial charge on any atom is 0.252 e. The first-order chi connectivity index (χ1) is 15.0. The van der Waals surface area contributed by atoms with E-state index in [1.165, 1.54) is 36.7 Å². The van der Waals surface area contributed by atoms with Crippen LogP contribution in [-0.2, 0) is 0 Å². The molecule has 4 N–H and O–H groups in total. The number of amides is 1. The predicted octanol–water partition coefficient (Wildman–Crippen LogP) is 3.83. The normalized spacial score (nSPS) is 10.6. The number of hydrogen-bond acceptors (Lipinski definition) is 6. The fraction of sp³-hybridized carbons (Fsp3) is 0.0909. The second kappa shape index (κ2) is 8.12. The molecule has 8 nitrogen and oxygen atoms in total. The third kappa shape index (κ3) is 3.74. The third-order valence-electron chi connectivity index (χ3n) is 4.65. The van der Waals surface area contributed by atoms with Crippen LogP contribution < -0.4 is 10.6 Å². The number of hydrogen-bond donors (Lipinski definition) is 4. The van der Waals surface area contributed by atoms with Crippen molar-refractivity contribution in [3.8, 4) is 23.2 Å². The van der Waals surface area contributed by atoms with E-state index >= 15 is 0 Å². The molecule has 0 atom stereocenters. The lowest BCUT2D eigenvalue weighted by Crippen LogP contribution is -2.22. The molecule has 0 saturated carbocycles. The average molecular weight is 416 g/mol. The van der Waals surface area contributed by atoms with Crippen molar-refractivity contribution in [1.82, 2.24) is 20.3 Å². The Hall–Kier alpha value is -4.45. The monoisotopic (exact) mass is 416 g/mol. The molecule has 0 bridgehead atoms. The van der Waals surface area contributed by atoms with E-state index in [-0.39, 0.29) is 28.6 Å². The number of rotatable bonds is 5. The maximum atomic E-state index is 14.6. The molecule has 1 aromatic carbocycles.